The summed E-state index contributed by atoms with van der Waals surface area (Å²) in [4.78, 5) is 8.81. The van der Waals surface area contributed by atoms with Crippen molar-refractivity contribution in [3.05, 3.63) is 48.0 Å². The third kappa shape index (κ3) is 3.51. The molecule has 1 aliphatic carbocycles. The van der Waals surface area contributed by atoms with Crippen molar-refractivity contribution in [3.63, 3.8) is 0 Å². The SMILES string of the molecule is CC(C)(O)c1ccc2ncc(-c3cc(F)cc(N[C@H]4CCC[C@@H]4F)n3)n2c1. The minimum atomic E-state index is -1.02. The molecule has 4 rings (SSSR count). The topological polar surface area (TPSA) is 62.5 Å². The number of alkyl halides is 1. The fraction of sp³-hybridized carbons (Fsp3) is 0.400. The Bertz CT molecular complexity index is 980. The minimum Gasteiger partial charge on any atom is -0.386 e. The van der Waals surface area contributed by atoms with Crippen LogP contribution in [0.1, 0.15) is 38.7 Å². The zero-order chi connectivity index (χ0) is 19.2. The Labute approximate surface area is 156 Å². The average Bonchev–Trinajstić information content (AvgIpc) is 3.19. The summed E-state index contributed by atoms with van der Waals surface area (Å²) in [6.45, 7) is 3.39. The molecule has 1 aliphatic rings. The number of nitrogens with zero attached hydrogens (tertiary/aromatic N) is 3. The Hall–Kier alpha value is -2.54. The Balaban J connectivity index is 1.74. The van der Waals surface area contributed by atoms with Crippen LogP contribution in [-0.2, 0) is 5.60 Å². The summed E-state index contributed by atoms with van der Waals surface area (Å²) in [7, 11) is 0. The molecule has 0 aliphatic heterocycles. The van der Waals surface area contributed by atoms with Crippen LogP contribution in [-0.4, -0.2) is 31.7 Å². The molecule has 7 heteroatoms. The van der Waals surface area contributed by atoms with Crippen molar-refractivity contribution in [3.8, 4) is 11.4 Å². The summed E-state index contributed by atoms with van der Waals surface area (Å²) in [5, 5.41) is 13.3. The van der Waals surface area contributed by atoms with Gasteiger partial charge in [0.2, 0.25) is 0 Å². The zero-order valence-corrected chi connectivity index (χ0v) is 15.3. The molecule has 0 saturated heterocycles. The van der Waals surface area contributed by atoms with Crippen LogP contribution in [0.4, 0.5) is 14.6 Å². The molecule has 2 N–H and O–H groups in total. The molecule has 0 bridgehead atoms. The second-order valence-electron chi connectivity index (χ2n) is 7.60. The van der Waals surface area contributed by atoms with Crippen molar-refractivity contribution >= 4 is 11.5 Å². The van der Waals surface area contributed by atoms with E-state index in [-0.39, 0.29) is 6.04 Å². The Morgan fingerprint density at radius 2 is 2.07 bits per heavy atom. The first kappa shape index (κ1) is 17.9. The lowest BCUT2D eigenvalue weighted by molar-refractivity contribution is 0.0781. The van der Waals surface area contributed by atoms with E-state index in [0.717, 1.165) is 6.42 Å². The molecule has 3 aromatic heterocycles. The van der Waals surface area contributed by atoms with E-state index < -0.39 is 17.6 Å². The lowest BCUT2D eigenvalue weighted by Crippen LogP contribution is -2.25. The summed E-state index contributed by atoms with van der Waals surface area (Å²) < 4.78 is 29.9. The lowest BCUT2D eigenvalue weighted by Gasteiger charge is -2.18. The molecule has 3 heterocycles. The predicted octanol–water partition coefficient (Wildman–Crippen LogP) is 4.07. The van der Waals surface area contributed by atoms with E-state index in [2.05, 4.69) is 15.3 Å². The third-order valence-corrected chi connectivity index (χ3v) is 5.03. The molecule has 3 aromatic rings. The van der Waals surface area contributed by atoms with Crippen LogP contribution < -0.4 is 5.32 Å². The summed E-state index contributed by atoms with van der Waals surface area (Å²) in [5.41, 5.74) is 1.35. The van der Waals surface area contributed by atoms with E-state index in [1.807, 2.05) is 0 Å². The van der Waals surface area contributed by atoms with E-state index >= 15 is 0 Å². The van der Waals surface area contributed by atoms with E-state index in [4.69, 9.17) is 0 Å². The van der Waals surface area contributed by atoms with E-state index in [0.29, 0.717) is 41.3 Å². The fourth-order valence-electron chi connectivity index (χ4n) is 3.50. The fourth-order valence-corrected chi connectivity index (χ4v) is 3.50. The van der Waals surface area contributed by atoms with Gasteiger partial charge in [0.05, 0.1) is 29.2 Å². The number of pyridine rings is 2. The van der Waals surface area contributed by atoms with Gasteiger partial charge in [0.25, 0.3) is 0 Å². The van der Waals surface area contributed by atoms with Gasteiger partial charge in [-0.25, -0.2) is 18.7 Å². The van der Waals surface area contributed by atoms with Crippen molar-refractivity contribution in [2.75, 3.05) is 5.32 Å². The highest BCUT2D eigenvalue weighted by molar-refractivity contribution is 5.62. The standard InChI is InChI=1S/C20H22F2N4O/c1-20(2,27)12-6-7-19-23-10-17(26(19)11-12)16-8-13(21)9-18(25-16)24-15-5-3-4-14(15)22/h6-11,14-15,27H,3-5H2,1-2H3,(H,24,25)/t14-,15-/m0/s1. The van der Waals surface area contributed by atoms with Gasteiger partial charge in [-0.2, -0.15) is 0 Å². The van der Waals surface area contributed by atoms with E-state index in [9.17, 15) is 13.9 Å². The maximum Gasteiger partial charge on any atom is 0.137 e. The molecule has 142 valence electrons. The minimum absolute atomic E-state index is 0.313. The second kappa shape index (κ2) is 6.56. The first-order valence-electron chi connectivity index (χ1n) is 9.10. The normalized spacial score (nSPS) is 20.3. The van der Waals surface area contributed by atoms with Crippen LogP contribution in [0, 0.1) is 5.82 Å². The van der Waals surface area contributed by atoms with Crippen LogP contribution in [0.3, 0.4) is 0 Å². The number of aliphatic hydroxyl groups is 1. The molecule has 1 fully saturated rings. The smallest absolute Gasteiger partial charge is 0.137 e. The van der Waals surface area contributed by atoms with Gasteiger partial charge in [-0.05, 0) is 44.7 Å². The molecular weight excluding hydrogens is 350 g/mol. The molecule has 27 heavy (non-hydrogen) atoms. The zero-order valence-electron chi connectivity index (χ0n) is 15.3. The van der Waals surface area contributed by atoms with Gasteiger partial charge in [0, 0.05) is 18.3 Å². The number of hydrogen-bond donors (Lipinski definition) is 2. The lowest BCUT2D eigenvalue weighted by atomic mass is 10.0. The van der Waals surface area contributed by atoms with Gasteiger partial charge >= 0.3 is 0 Å². The highest BCUT2D eigenvalue weighted by atomic mass is 19.1. The van der Waals surface area contributed by atoms with Crippen LogP contribution in [0.2, 0.25) is 0 Å². The second-order valence-corrected chi connectivity index (χ2v) is 7.60. The number of imidazole rings is 1. The molecule has 1 saturated carbocycles. The van der Waals surface area contributed by atoms with Crippen LogP contribution in [0.15, 0.2) is 36.7 Å². The summed E-state index contributed by atoms with van der Waals surface area (Å²) in [6.07, 6.45) is 4.48. The van der Waals surface area contributed by atoms with Crippen molar-refractivity contribution < 1.29 is 13.9 Å². The highest BCUT2D eigenvalue weighted by Crippen LogP contribution is 2.28. The maximum absolute atomic E-state index is 14.2. The Morgan fingerprint density at radius 1 is 1.26 bits per heavy atom. The molecule has 0 aromatic carbocycles. The first-order valence-corrected chi connectivity index (χ1v) is 9.10. The number of hydrogen-bond acceptors (Lipinski definition) is 4. The molecular formula is C20H22F2N4O. The van der Waals surface area contributed by atoms with Crippen molar-refractivity contribution in [1.82, 2.24) is 14.4 Å². The molecule has 2 atom stereocenters. The average molecular weight is 372 g/mol. The van der Waals surface area contributed by atoms with Gasteiger partial charge in [-0.15, -0.1) is 0 Å². The molecule has 0 spiro atoms. The Kier molecular flexibility index (Phi) is 4.34. The summed E-state index contributed by atoms with van der Waals surface area (Å²) in [6, 6.07) is 5.87. The number of rotatable bonds is 4. The Morgan fingerprint density at radius 3 is 2.78 bits per heavy atom. The number of halogens is 2. The van der Waals surface area contributed by atoms with Crippen LogP contribution in [0.5, 0.6) is 0 Å². The molecule has 0 radical (unpaired) electrons. The van der Waals surface area contributed by atoms with E-state index in [1.54, 1.807) is 42.8 Å². The highest BCUT2D eigenvalue weighted by Gasteiger charge is 2.27. The number of anilines is 1. The van der Waals surface area contributed by atoms with Gasteiger partial charge in [0.15, 0.2) is 0 Å². The van der Waals surface area contributed by atoms with Crippen molar-refractivity contribution in [2.24, 2.45) is 0 Å². The summed E-state index contributed by atoms with van der Waals surface area (Å²) >= 11 is 0. The predicted molar refractivity (Wildman–Crippen MR) is 99.8 cm³/mol. The van der Waals surface area contributed by atoms with Crippen LogP contribution in [0.25, 0.3) is 17.0 Å². The van der Waals surface area contributed by atoms with Crippen molar-refractivity contribution in [2.45, 2.75) is 50.9 Å². The van der Waals surface area contributed by atoms with Gasteiger partial charge in [-0.1, -0.05) is 6.07 Å². The van der Waals surface area contributed by atoms with Crippen LogP contribution >= 0.6 is 0 Å². The number of nitrogens with one attached hydrogen (secondary N) is 1. The molecule has 0 unspecified atom stereocenters. The van der Waals surface area contributed by atoms with Gasteiger partial charge < -0.3 is 10.4 Å². The van der Waals surface area contributed by atoms with E-state index in [1.165, 1.54) is 12.1 Å². The monoisotopic (exact) mass is 372 g/mol. The van der Waals surface area contributed by atoms with Crippen molar-refractivity contribution in [1.29, 1.82) is 0 Å². The maximum atomic E-state index is 14.2. The molecule has 0 amide bonds. The quantitative estimate of drug-likeness (QED) is 0.725. The largest absolute Gasteiger partial charge is 0.386 e. The first-order chi connectivity index (χ1) is 12.8. The molecule has 5 nitrogen and oxygen atoms in total. The van der Waals surface area contributed by atoms with Gasteiger partial charge in [-0.3, -0.25) is 4.40 Å². The van der Waals surface area contributed by atoms with Gasteiger partial charge in [0.1, 0.15) is 23.5 Å². The number of fused-ring (bicyclic) bond motifs is 1. The number of aromatic nitrogens is 3. The summed E-state index contributed by atoms with van der Waals surface area (Å²) in [5.74, 6) is -0.141. The third-order valence-electron chi connectivity index (χ3n) is 5.03.